The van der Waals surface area contributed by atoms with E-state index in [4.69, 9.17) is 10.3 Å². The highest BCUT2D eigenvalue weighted by atomic mass is 35.5. The SMILES string of the molecule is Cc1ccc(-c2cc(C(=O)N3CCCCC3C(C)N)c3c(C)noc3n2)cc1.Cl. The second kappa shape index (κ2) is 8.51. The molecule has 6 nitrogen and oxygen atoms in total. The fourth-order valence-corrected chi connectivity index (χ4v) is 4.05. The maximum Gasteiger partial charge on any atom is 0.259 e. The van der Waals surface area contributed by atoms with Crippen molar-refractivity contribution < 1.29 is 9.32 Å². The molecule has 1 aliphatic heterocycles. The van der Waals surface area contributed by atoms with Gasteiger partial charge < -0.3 is 15.2 Å². The highest BCUT2D eigenvalue weighted by Crippen LogP contribution is 2.30. The van der Waals surface area contributed by atoms with Gasteiger partial charge in [-0.3, -0.25) is 4.79 Å². The molecule has 29 heavy (non-hydrogen) atoms. The Bertz CT molecular complexity index is 1010. The number of aromatic nitrogens is 2. The fraction of sp³-hybridized carbons (Fsp3) is 0.409. The summed E-state index contributed by atoms with van der Waals surface area (Å²) >= 11 is 0. The number of fused-ring (bicyclic) bond motifs is 1. The third-order valence-corrected chi connectivity index (χ3v) is 5.61. The van der Waals surface area contributed by atoms with Crippen LogP contribution in [0.2, 0.25) is 0 Å². The number of halogens is 1. The fourth-order valence-electron chi connectivity index (χ4n) is 4.05. The molecule has 7 heteroatoms. The summed E-state index contributed by atoms with van der Waals surface area (Å²) in [6.45, 7) is 6.58. The zero-order valence-corrected chi connectivity index (χ0v) is 17.8. The summed E-state index contributed by atoms with van der Waals surface area (Å²) < 4.78 is 5.43. The van der Waals surface area contributed by atoms with Crippen LogP contribution in [-0.4, -0.2) is 39.6 Å². The van der Waals surface area contributed by atoms with Gasteiger partial charge in [0, 0.05) is 24.2 Å². The summed E-state index contributed by atoms with van der Waals surface area (Å²) in [6, 6.07) is 9.93. The molecule has 4 rings (SSSR count). The average Bonchev–Trinajstić information content (AvgIpc) is 3.08. The van der Waals surface area contributed by atoms with Crippen LogP contribution in [0.25, 0.3) is 22.4 Å². The van der Waals surface area contributed by atoms with Crippen LogP contribution in [0.3, 0.4) is 0 Å². The zero-order valence-electron chi connectivity index (χ0n) is 17.0. The van der Waals surface area contributed by atoms with E-state index >= 15 is 0 Å². The molecule has 0 spiro atoms. The lowest BCUT2D eigenvalue weighted by atomic mass is 9.95. The molecule has 0 bridgehead atoms. The van der Waals surface area contributed by atoms with Gasteiger partial charge in [0.1, 0.15) is 0 Å². The number of nitrogens with zero attached hydrogens (tertiary/aromatic N) is 3. The van der Waals surface area contributed by atoms with Crippen LogP contribution < -0.4 is 5.73 Å². The Hall–Kier alpha value is -2.44. The van der Waals surface area contributed by atoms with E-state index in [2.05, 4.69) is 10.1 Å². The molecule has 3 heterocycles. The van der Waals surface area contributed by atoms with E-state index in [0.29, 0.717) is 28.1 Å². The van der Waals surface area contributed by atoms with Gasteiger partial charge >= 0.3 is 0 Å². The molecular formula is C22H27ClN4O2. The van der Waals surface area contributed by atoms with Gasteiger partial charge in [0.15, 0.2) is 0 Å². The van der Waals surface area contributed by atoms with Crippen LogP contribution in [0, 0.1) is 13.8 Å². The molecule has 0 radical (unpaired) electrons. The number of carbonyl (C=O) groups is 1. The predicted molar refractivity (Wildman–Crippen MR) is 116 cm³/mol. The molecule has 3 aromatic rings. The minimum atomic E-state index is -0.0679. The minimum Gasteiger partial charge on any atom is -0.335 e. The maximum absolute atomic E-state index is 13.6. The Labute approximate surface area is 176 Å². The van der Waals surface area contributed by atoms with Crippen LogP contribution in [0.4, 0.5) is 0 Å². The molecule has 2 unspecified atom stereocenters. The van der Waals surface area contributed by atoms with Crippen molar-refractivity contribution in [3.8, 4) is 11.3 Å². The highest BCUT2D eigenvalue weighted by Gasteiger charge is 2.32. The summed E-state index contributed by atoms with van der Waals surface area (Å²) in [5.74, 6) is -0.0194. The van der Waals surface area contributed by atoms with E-state index in [0.717, 1.165) is 31.4 Å². The number of hydrogen-bond donors (Lipinski definition) is 1. The van der Waals surface area contributed by atoms with Crippen LogP contribution in [-0.2, 0) is 0 Å². The lowest BCUT2D eigenvalue weighted by Crippen LogP contribution is -2.51. The molecule has 2 N–H and O–H groups in total. The number of likely N-dealkylation sites (tertiary alicyclic amines) is 1. The Balaban J connectivity index is 0.00000240. The quantitative estimate of drug-likeness (QED) is 0.691. The number of pyridine rings is 1. The molecule has 2 aromatic heterocycles. The minimum absolute atomic E-state index is 0. The first kappa shape index (κ1) is 21.3. The van der Waals surface area contributed by atoms with Crippen molar-refractivity contribution in [3.63, 3.8) is 0 Å². The van der Waals surface area contributed by atoms with Crippen molar-refractivity contribution in [3.05, 3.63) is 47.2 Å². The van der Waals surface area contributed by atoms with Crippen molar-refractivity contribution in [2.75, 3.05) is 6.54 Å². The smallest absolute Gasteiger partial charge is 0.259 e. The number of rotatable bonds is 3. The first-order chi connectivity index (χ1) is 13.5. The molecule has 1 aromatic carbocycles. The van der Waals surface area contributed by atoms with E-state index in [1.54, 1.807) is 0 Å². The lowest BCUT2D eigenvalue weighted by molar-refractivity contribution is 0.0585. The van der Waals surface area contributed by atoms with Gasteiger partial charge in [-0.15, -0.1) is 12.4 Å². The third-order valence-electron chi connectivity index (χ3n) is 5.61. The first-order valence-corrected chi connectivity index (χ1v) is 9.86. The van der Waals surface area contributed by atoms with Gasteiger partial charge in [-0.2, -0.15) is 0 Å². The number of amides is 1. The molecule has 2 atom stereocenters. The standard InChI is InChI=1S/C22H26N4O2.ClH/c1-13-7-9-16(10-8-13)18-12-17(20-15(3)25-28-21(20)24-18)22(27)26-11-5-4-6-19(26)14(2)23;/h7-10,12,14,19H,4-6,11,23H2,1-3H3;1H. The largest absolute Gasteiger partial charge is 0.335 e. The topological polar surface area (TPSA) is 85.2 Å². The van der Waals surface area contributed by atoms with Crippen molar-refractivity contribution >= 4 is 29.4 Å². The summed E-state index contributed by atoms with van der Waals surface area (Å²) in [4.78, 5) is 20.1. The monoisotopic (exact) mass is 414 g/mol. The summed E-state index contributed by atoms with van der Waals surface area (Å²) in [6.07, 6.45) is 3.03. The summed E-state index contributed by atoms with van der Waals surface area (Å²) in [7, 11) is 0. The van der Waals surface area contributed by atoms with Gasteiger partial charge in [0.05, 0.1) is 22.3 Å². The number of piperidine rings is 1. The van der Waals surface area contributed by atoms with Gasteiger partial charge in [0.25, 0.3) is 11.6 Å². The Morgan fingerprint density at radius 2 is 1.97 bits per heavy atom. The second-order valence-electron chi connectivity index (χ2n) is 7.79. The van der Waals surface area contributed by atoms with Gasteiger partial charge in [0.2, 0.25) is 0 Å². The predicted octanol–water partition coefficient (Wildman–Crippen LogP) is 4.27. The molecule has 1 saturated heterocycles. The van der Waals surface area contributed by atoms with E-state index in [1.807, 2.05) is 56.0 Å². The number of nitrogens with two attached hydrogens (primary N) is 1. The summed E-state index contributed by atoms with van der Waals surface area (Å²) in [5.41, 5.74) is 10.7. The van der Waals surface area contributed by atoms with Crippen LogP contribution >= 0.6 is 12.4 Å². The second-order valence-corrected chi connectivity index (χ2v) is 7.79. The van der Waals surface area contributed by atoms with E-state index in [9.17, 15) is 4.79 Å². The molecule has 0 saturated carbocycles. The van der Waals surface area contributed by atoms with Crippen molar-refractivity contribution in [2.24, 2.45) is 5.73 Å². The van der Waals surface area contributed by atoms with Crippen LogP contribution in [0.15, 0.2) is 34.9 Å². The Kier molecular flexibility index (Phi) is 6.24. The molecular weight excluding hydrogens is 388 g/mol. The number of carbonyl (C=O) groups excluding carboxylic acids is 1. The molecule has 1 aliphatic rings. The molecule has 1 amide bonds. The van der Waals surface area contributed by atoms with Gasteiger partial charge in [-0.05, 0) is 46.1 Å². The van der Waals surface area contributed by atoms with Gasteiger partial charge in [-0.25, -0.2) is 4.98 Å². The highest BCUT2D eigenvalue weighted by molar-refractivity contribution is 6.07. The normalized spacial score (nSPS) is 17.8. The van der Waals surface area contributed by atoms with Crippen LogP contribution in [0.5, 0.6) is 0 Å². The van der Waals surface area contributed by atoms with E-state index < -0.39 is 0 Å². The number of aryl methyl sites for hydroxylation is 2. The Morgan fingerprint density at radius 3 is 2.66 bits per heavy atom. The molecule has 0 aliphatic carbocycles. The van der Waals surface area contributed by atoms with E-state index in [1.165, 1.54) is 5.56 Å². The van der Waals surface area contributed by atoms with Crippen molar-refractivity contribution in [1.29, 1.82) is 0 Å². The molecule has 154 valence electrons. The number of benzene rings is 1. The van der Waals surface area contributed by atoms with Gasteiger partial charge in [-0.1, -0.05) is 35.0 Å². The zero-order chi connectivity index (χ0) is 19.8. The lowest BCUT2D eigenvalue weighted by Gasteiger charge is -2.38. The average molecular weight is 415 g/mol. The maximum atomic E-state index is 13.6. The van der Waals surface area contributed by atoms with Crippen LogP contribution in [0.1, 0.15) is 47.8 Å². The molecule has 1 fully saturated rings. The van der Waals surface area contributed by atoms with Crippen molar-refractivity contribution in [2.45, 2.75) is 52.1 Å². The third kappa shape index (κ3) is 4.00. The first-order valence-electron chi connectivity index (χ1n) is 9.86. The summed E-state index contributed by atoms with van der Waals surface area (Å²) in [5, 5.41) is 4.74. The Morgan fingerprint density at radius 1 is 1.24 bits per heavy atom. The van der Waals surface area contributed by atoms with E-state index in [-0.39, 0.29) is 30.4 Å². The van der Waals surface area contributed by atoms with Crippen molar-refractivity contribution in [1.82, 2.24) is 15.0 Å². The number of hydrogen-bond acceptors (Lipinski definition) is 5.